The van der Waals surface area contributed by atoms with Crippen molar-refractivity contribution in [3.8, 4) is 11.3 Å². The Morgan fingerprint density at radius 1 is 0.962 bits per heavy atom. The fourth-order valence-electron chi connectivity index (χ4n) is 3.00. The molecule has 5 heteroatoms. The molecule has 5 nitrogen and oxygen atoms in total. The topological polar surface area (TPSA) is 73.8 Å². The average Bonchev–Trinajstić information content (AvgIpc) is 2.68. The highest BCUT2D eigenvalue weighted by molar-refractivity contribution is 5.57. The zero-order valence-corrected chi connectivity index (χ0v) is 14.8. The second-order valence-corrected chi connectivity index (χ2v) is 6.26. The van der Waals surface area contributed by atoms with Gasteiger partial charge in [0.05, 0.1) is 5.69 Å². The first-order valence-electron chi connectivity index (χ1n) is 9.03. The number of aromatic nitrogens is 3. The number of pyridine rings is 1. The molecule has 0 amide bonds. The van der Waals surface area contributed by atoms with Gasteiger partial charge in [0.25, 0.3) is 5.56 Å². The molecular weight excluding hydrogens is 324 g/mol. The highest BCUT2D eigenvalue weighted by Gasteiger charge is 2.10. The SMILES string of the molecule is NCCCn1c(CCCc2ccccc2)nc(-c2ccncc2)cc1=O. The van der Waals surface area contributed by atoms with Crippen LogP contribution >= 0.6 is 0 Å². The lowest BCUT2D eigenvalue weighted by molar-refractivity contribution is 0.573. The predicted molar refractivity (Wildman–Crippen MR) is 104 cm³/mol. The smallest absolute Gasteiger partial charge is 0.254 e. The van der Waals surface area contributed by atoms with Crippen LogP contribution in [0.3, 0.4) is 0 Å². The maximum Gasteiger partial charge on any atom is 0.254 e. The molecule has 1 aromatic carbocycles. The van der Waals surface area contributed by atoms with Crippen LogP contribution in [0.1, 0.15) is 24.2 Å². The van der Waals surface area contributed by atoms with Gasteiger partial charge in [-0.2, -0.15) is 0 Å². The van der Waals surface area contributed by atoms with Crippen LogP contribution in [-0.2, 0) is 19.4 Å². The lowest BCUT2D eigenvalue weighted by atomic mass is 10.1. The minimum atomic E-state index is -0.0185. The fraction of sp³-hybridized carbons (Fsp3) is 0.286. The molecule has 0 bridgehead atoms. The highest BCUT2D eigenvalue weighted by atomic mass is 16.1. The van der Waals surface area contributed by atoms with E-state index in [1.165, 1.54) is 5.56 Å². The quantitative estimate of drug-likeness (QED) is 0.679. The number of nitrogens with zero attached hydrogens (tertiary/aromatic N) is 3. The Kier molecular flexibility index (Phi) is 6.28. The van der Waals surface area contributed by atoms with E-state index < -0.39 is 0 Å². The molecule has 134 valence electrons. The minimum absolute atomic E-state index is 0.0185. The summed E-state index contributed by atoms with van der Waals surface area (Å²) in [5.41, 5.74) is 8.53. The summed E-state index contributed by atoms with van der Waals surface area (Å²) in [6.45, 7) is 1.17. The number of rotatable bonds is 8. The fourth-order valence-corrected chi connectivity index (χ4v) is 3.00. The first kappa shape index (κ1) is 18.0. The van der Waals surface area contributed by atoms with Gasteiger partial charge in [-0.25, -0.2) is 4.98 Å². The Morgan fingerprint density at radius 2 is 1.73 bits per heavy atom. The number of hydrogen-bond acceptors (Lipinski definition) is 4. The molecule has 3 rings (SSSR count). The van der Waals surface area contributed by atoms with Gasteiger partial charge < -0.3 is 5.73 Å². The molecule has 3 aromatic rings. The first-order chi connectivity index (χ1) is 12.8. The third-order valence-electron chi connectivity index (χ3n) is 4.36. The van der Waals surface area contributed by atoms with Gasteiger partial charge in [-0.15, -0.1) is 0 Å². The maximum atomic E-state index is 12.6. The summed E-state index contributed by atoms with van der Waals surface area (Å²) in [7, 11) is 0. The summed E-state index contributed by atoms with van der Waals surface area (Å²) in [5, 5.41) is 0. The molecule has 0 aliphatic heterocycles. The van der Waals surface area contributed by atoms with Gasteiger partial charge in [0.15, 0.2) is 0 Å². The van der Waals surface area contributed by atoms with E-state index in [-0.39, 0.29) is 5.56 Å². The van der Waals surface area contributed by atoms with Crippen LogP contribution in [0.5, 0.6) is 0 Å². The van der Waals surface area contributed by atoms with Crippen molar-refractivity contribution >= 4 is 0 Å². The monoisotopic (exact) mass is 348 g/mol. The predicted octanol–water partition coefficient (Wildman–Crippen LogP) is 2.83. The van der Waals surface area contributed by atoms with Gasteiger partial charge in [0.1, 0.15) is 5.82 Å². The standard InChI is InChI=1S/C21H24N4O/c22-12-5-15-25-20(9-4-8-17-6-2-1-3-7-17)24-19(16-21(25)26)18-10-13-23-14-11-18/h1-3,6-7,10-11,13-14,16H,4-5,8-9,12,15,22H2. The Morgan fingerprint density at radius 3 is 2.46 bits per heavy atom. The van der Waals surface area contributed by atoms with Gasteiger partial charge in [0.2, 0.25) is 0 Å². The number of hydrogen-bond donors (Lipinski definition) is 1. The third kappa shape index (κ3) is 4.64. The van der Waals surface area contributed by atoms with Crippen LogP contribution < -0.4 is 11.3 Å². The molecule has 0 atom stereocenters. The maximum absolute atomic E-state index is 12.6. The summed E-state index contributed by atoms with van der Waals surface area (Å²) in [6, 6.07) is 15.7. The Hall–Kier alpha value is -2.79. The highest BCUT2D eigenvalue weighted by Crippen LogP contribution is 2.15. The largest absolute Gasteiger partial charge is 0.330 e. The van der Waals surface area contributed by atoms with E-state index in [0.29, 0.717) is 18.8 Å². The molecule has 0 radical (unpaired) electrons. The summed E-state index contributed by atoms with van der Waals surface area (Å²) in [5.74, 6) is 0.827. The minimum Gasteiger partial charge on any atom is -0.330 e. The summed E-state index contributed by atoms with van der Waals surface area (Å²) < 4.78 is 1.77. The number of aryl methyl sites for hydroxylation is 2. The van der Waals surface area contributed by atoms with Crippen molar-refractivity contribution in [3.63, 3.8) is 0 Å². The molecular formula is C21H24N4O. The molecule has 0 saturated heterocycles. The molecule has 2 heterocycles. The van der Waals surface area contributed by atoms with E-state index in [4.69, 9.17) is 10.7 Å². The normalized spacial score (nSPS) is 10.8. The third-order valence-corrected chi connectivity index (χ3v) is 4.36. The van der Waals surface area contributed by atoms with E-state index in [0.717, 1.165) is 37.1 Å². The van der Waals surface area contributed by atoms with Crippen LogP contribution in [0.25, 0.3) is 11.3 Å². The number of nitrogens with two attached hydrogens (primary N) is 1. The van der Waals surface area contributed by atoms with Crippen molar-refractivity contribution in [2.75, 3.05) is 6.54 Å². The van der Waals surface area contributed by atoms with Crippen LogP contribution in [0.2, 0.25) is 0 Å². The second kappa shape index (κ2) is 9.06. The summed E-state index contributed by atoms with van der Waals surface area (Å²) >= 11 is 0. The van der Waals surface area contributed by atoms with E-state index in [1.807, 2.05) is 18.2 Å². The van der Waals surface area contributed by atoms with Gasteiger partial charge >= 0.3 is 0 Å². The van der Waals surface area contributed by atoms with Crippen LogP contribution in [0.4, 0.5) is 0 Å². The number of benzene rings is 1. The zero-order chi connectivity index (χ0) is 18.2. The van der Waals surface area contributed by atoms with E-state index in [1.54, 1.807) is 23.0 Å². The Bertz CT molecular complexity index is 876. The second-order valence-electron chi connectivity index (χ2n) is 6.26. The molecule has 0 unspecified atom stereocenters. The molecule has 0 aliphatic carbocycles. The molecule has 0 spiro atoms. The average molecular weight is 348 g/mol. The van der Waals surface area contributed by atoms with E-state index in [2.05, 4.69) is 29.2 Å². The van der Waals surface area contributed by atoms with Crippen molar-refractivity contribution < 1.29 is 0 Å². The van der Waals surface area contributed by atoms with Gasteiger partial charge in [-0.3, -0.25) is 14.3 Å². The first-order valence-corrected chi connectivity index (χ1v) is 9.03. The summed E-state index contributed by atoms with van der Waals surface area (Å²) in [6.07, 6.45) is 6.86. The molecule has 2 N–H and O–H groups in total. The van der Waals surface area contributed by atoms with Gasteiger partial charge in [-0.05, 0) is 43.5 Å². The lowest BCUT2D eigenvalue weighted by Crippen LogP contribution is -2.26. The zero-order valence-electron chi connectivity index (χ0n) is 14.8. The van der Waals surface area contributed by atoms with E-state index in [9.17, 15) is 4.79 Å². The van der Waals surface area contributed by atoms with Crippen molar-refractivity contribution in [1.82, 2.24) is 14.5 Å². The molecule has 0 saturated carbocycles. The van der Waals surface area contributed by atoms with Gasteiger partial charge in [-0.1, -0.05) is 30.3 Å². The lowest BCUT2D eigenvalue weighted by Gasteiger charge is -2.13. The summed E-state index contributed by atoms with van der Waals surface area (Å²) in [4.78, 5) is 21.5. The van der Waals surface area contributed by atoms with E-state index >= 15 is 0 Å². The van der Waals surface area contributed by atoms with Crippen molar-refractivity contribution in [2.45, 2.75) is 32.2 Å². The Labute approximate surface area is 153 Å². The molecule has 0 fully saturated rings. The van der Waals surface area contributed by atoms with Crippen molar-refractivity contribution in [1.29, 1.82) is 0 Å². The van der Waals surface area contributed by atoms with Crippen LogP contribution in [-0.4, -0.2) is 21.1 Å². The van der Waals surface area contributed by atoms with Crippen molar-refractivity contribution in [3.05, 3.63) is 82.7 Å². The Balaban J connectivity index is 1.84. The molecule has 0 aliphatic rings. The van der Waals surface area contributed by atoms with Crippen LogP contribution in [0.15, 0.2) is 65.7 Å². The van der Waals surface area contributed by atoms with Gasteiger partial charge in [0, 0.05) is 37.0 Å². The molecule has 2 aromatic heterocycles. The molecule has 26 heavy (non-hydrogen) atoms. The van der Waals surface area contributed by atoms with Crippen LogP contribution in [0, 0.1) is 0 Å². The van der Waals surface area contributed by atoms with Crippen molar-refractivity contribution in [2.24, 2.45) is 5.73 Å².